The van der Waals surface area contributed by atoms with Gasteiger partial charge in [-0.3, -0.25) is 14.1 Å². The largest absolute Gasteiger partial charge is 0.472 e. The molecular weight excluding hydrogens is 629 g/mol. The molecule has 1 aliphatic heterocycles. The van der Waals surface area contributed by atoms with Gasteiger partial charge in [-0.2, -0.15) is 0 Å². The SMILES string of the molecule is CCCCCCCCCCCCCC(=O)O[C@H]1[C@H](O)[C@@H](CO)O[C@H](OP(=O)(O)O)[C@@H]1NC(=O)C[C@H](O)CCCCCCCCCCC. The molecule has 13 heteroatoms. The summed E-state index contributed by atoms with van der Waals surface area (Å²) in [6.07, 6.45) is 15.0. The van der Waals surface area contributed by atoms with Crippen LogP contribution in [0.4, 0.5) is 0 Å². The summed E-state index contributed by atoms with van der Waals surface area (Å²) in [7, 11) is -5.16. The molecule has 0 aromatic heterocycles. The minimum Gasteiger partial charge on any atom is -0.457 e. The molecule has 1 fully saturated rings. The number of hydrogen-bond acceptors (Lipinski definition) is 9. The third-order valence-electron chi connectivity index (χ3n) is 8.74. The van der Waals surface area contributed by atoms with Crippen LogP contribution in [0.1, 0.15) is 162 Å². The molecule has 0 saturated carbocycles. The molecule has 0 radical (unpaired) electrons. The van der Waals surface area contributed by atoms with Crippen LogP contribution in [-0.2, 0) is 28.2 Å². The summed E-state index contributed by atoms with van der Waals surface area (Å²) in [4.78, 5) is 44.6. The van der Waals surface area contributed by atoms with Gasteiger partial charge in [0.15, 0.2) is 12.4 Å². The second kappa shape index (κ2) is 26.7. The van der Waals surface area contributed by atoms with E-state index in [9.17, 15) is 39.3 Å². The number of aliphatic hydroxyl groups is 3. The predicted molar refractivity (Wildman–Crippen MR) is 180 cm³/mol. The number of ether oxygens (including phenoxy) is 2. The summed E-state index contributed by atoms with van der Waals surface area (Å²) in [5.41, 5.74) is 0. The molecule has 6 N–H and O–H groups in total. The third kappa shape index (κ3) is 21.6. The lowest BCUT2D eigenvalue weighted by atomic mass is 9.96. The average molecular weight is 696 g/mol. The molecule has 1 aliphatic rings. The summed E-state index contributed by atoms with van der Waals surface area (Å²) in [6.45, 7) is 3.63. The van der Waals surface area contributed by atoms with Crippen molar-refractivity contribution < 1.29 is 53.3 Å². The molecule has 1 amide bonds. The Balaban J connectivity index is 2.63. The average Bonchev–Trinajstić information content (AvgIpc) is 3.01. The van der Waals surface area contributed by atoms with E-state index in [1.807, 2.05) is 0 Å². The van der Waals surface area contributed by atoms with Crippen LogP contribution < -0.4 is 5.32 Å². The van der Waals surface area contributed by atoms with Gasteiger partial charge in [0.05, 0.1) is 19.1 Å². The Morgan fingerprint density at radius 2 is 1.26 bits per heavy atom. The smallest absolute Gasteiger partial charge is 0.457 e. The number of unbranched alkanes of at least 4 members (excludes halogenated alkanes) is 18. The van der Waals surface area contributed by atoms with Gasteiger partial charge >= 0.3 is 13.8 Å². The highest BCUT2D eigenvalue weighted by atomic mass is 31.2. The fraction of sp³-hybridized carbons (Fsp3) is 0.941. The van der Waals surface area contributed by atoms with E-state index < -0.39 is 63.1 Å². The van der Waals surface area contributed by atoms with Crippen LogP contribution in [0, 0.1) is 0 Å². The zero-order valence-electron chi connectivity index (χ0n) is 29.1. The highest BCUT2D eigenvalue weighted by Crippen LogP contribution is 2.41. The molecule has 1 heterocycles. The molecule has 6 atom stereocenters. The minimum absolute atomic E-state index is 0.0486. The van der Waals surface area contributed by atoms with E-state index in [2.05, 4.69) is 19.2 Å². The van der Waals surface area contributed by atoms with E-state index in [1.54, 1.807) is 0 Å². The van der Waals surface area contributed by atoms with Gasteiger partial charge in [0.2, 0.25) is 5.91 Å². The van der Waals surface area contributed by atoms with E-state index >= 15 is 0 Å². The lowest BCUT2D eigenvalue weighted by Crippen LogP contribution is -2.65. The van der Waals surface area contributed by atoms with Gasteiger partial charge in [0, 0.05) is 6.42 Å². The van der Waals surface area contributed by atoms with Crippen molar-refractivity contribution in [1.82, 2.24) is 5.32 Å². The van der Waals surface area contributed by atoms with Crippen LogP contribution in [0.5, 0.6) is 0 Å². The third-order valence-corrected chi connectivity index (χ3v) is 9.22. The Bertz CT molecular complexity index is 858. The van der Waals surface area contributed by atoms with Crippen molar-refractivity contribution in [3.05, 3.63) is 0 Å². The molecule has 0 unspecified atom stereocenters. The van der Waals surface area contributed by atoms with Gasteiger partial charge < -0.3 is 39.9 Å². The first-order chi connectivity index (χ1) is 22.5. The van der Waals surface area contributed by atoms with Crippen LogP contribution in [0.25, 0.3) is 0 Å². The number of carbonyl (C=O) groups is 2. The number of nitrogens with one attached hydrogen (secondary N) is 1. The number of amides is 1. The summed E-state index contributed by atoms with van der Waals surface area (Å²) >= 11 is 0. The molecule has 0 bridgehead atoms. The van der Waals surface area contributed by atoms with E-state index in [0.29, 0.717) is 12.8 Å². The molecule has 278 valence electrons. The Morgan fingerprint density at radius 1 is 0.787 bits per heavy atom. The van der Waals surface area contributed by atoms with Crippen LogP contribution in [0.3, 0.4) is 0 Å². The first-order valence-electron chi connectivity index (χ1n) is 18.4. The Hall–Kier alpha value is -1.11. The van der Waals surface area contributed by atoms with Crippen molar-refractivity contribution in [1.29, 1.82) is 0 Å². The predicted octanol–water partition coefficient (Wildman–Crippen LogP) is 5.94. The maximum absolute atomic E-state index is 12.9. The van der Waals surface area contributed by atoms with E-state index in [0.717, 1.165) is 51.4 Å². The second-order valence-corrected chi connectivity index (χ2v) is 14.3. The number of rotatable bonds is 29. The lowest BCUT2D eigenvalue weighted by Gasteiger charge is -2.43. The topological polar surface area (TPSA) is 192 Å². The van der Waals surface area contributed by atoms with Gasteiger partial charge in [0.25, 0.3) is 0 Å². The van der Waals surface area contributed by atoms with Gasteiger partial charge in [-0.1, -0.05) is 136 Å². The maximum atomic E-state index is 12.9. The Labute approximate surface area is 283 Å². The number of phosphoric acid groups is 1. The molecule has 0 aromatic carbocycles. The molecule has 0 aromatic rings. The number of carbonyl (C=O) groups excluding carboxylic acids is 2. The van der Waals surface area contributed by atoms with Gasteiger partial charge in [0.1, 0.15) is 18.2 Å². The number of esters is 1. The van der Waals surface area contributed by atoms with Gasteiger partial charge in [-0.25, -0.2) is 4.57 Å². The summed E-state index contributed by atoms with van der Waals surface area (Å²) in [6, 6.07) is -1.51. The number of aliphatic hydroxyl groups excluding tert-OH is 3. The lowest BCUT2D eigenvalue weighted by molar-refractivity contribution is -0.253. The van der Waals surface area contributed by atoms with Crippen molar-refractivity contribution >= 4 is 19.7 Å². The van der Waals surface area contributed by atoms with Crippen molar-refractivity contribution in [2.75, 3.05) is 6.61 Å². The fourth-order valence-corrected chi connectivity index (χ4v) is 6.43. The summed E-state index contributed by atoms with van der Waals surface area (Å²) in [5.74, 6) is -1.36. The quantitative estimate of drug-likeness (QED) is 0.0308. The summed E-state index contributed by atoms with van der Waals surface area (Å²) in [5, 5.41) is 33.5. The number of phosphoric ester groups is 1. The highest BCUT2D eigenvalue weighted by Gasteiger charge is 2.50. The standard InChI is InChI=1S/C34H66NO11P/c1-3-5-7-9-11-13-14-16-18-20-22-24-30(39)45-33-31(34(46-47(41,42)43)44-28(26-36)32(33)40)35-29(38)25-27(37)23-21-19-17-15-12-10-8-6-4-2/h27-28,31-34,36-37,40H,3-26H2,1-2H3,(H,35,38)(H2,41,42,43)/t27-,28-,31-,32-,33-,34-/m1/s1. The van der Waals surface area contributed by atoms with E-state index in [-0.39, 0.29) is 12.8 Å². The fourth-order valence-electron chi connectivity index (χ4n) is 5.98. The highest BCUT2D eigenvalue weighted by molar-refractivity contribution is 7.46. The molecule has 0 aliphatic carbocycles. The van der Waals surface area contributed by atoms with Gasteiger partial charge in [-0.05, 0) is 12.8 Å². The minimum atomic E-state index is -5.16. The second-order valence-electron chi connectivity index (χ2n) is 13.1. The first kappa shape index (κ1) is 43.9. The maximum Gasteiger partial charge on any atom is 0.472 e. The molecular formula is C34H66NO11P. The van der Waals surface area contributed by atoms with E-state index in [4.69, 9.17) is 14.0 Å². The van der Waals surface area contributed by atoms with Crippen LogP contribution in [0.2, 0.25) is 0 Å². The van der Waals surface area contributed by atoms with Crippen LogP contribution in [-0.4, -0.2) is 80.3 Å². The van der Waals surface area contributed by atoms with Crippen molar-refractivity contribution in [3.63, 3.8) is 0 Å². The Morgan fingerprint density at radius 3 is 1.72 bits per heavy atom. The first-order valence-corrected chi connectivity index (χ1v) is 19.9. The summed E-state index contributed by atoms with van der Waals surface area (Å²) < 4.78 is 27.4. The Kier molecular flexibility index (Phi) is 25.0. The van der Waals surface area contributed by atoms with Crippen molar-refractivity contribution in [2.24, 2.45) is 0 Å². The molecule has 1 saturated heterocycles. The van der Waals surface area contributed by atoms with Crippen molar-refractivity contribution in [3.8, 4) is 0 Å². The van der Waals surface area contributed by atoms with Gasteiger partial charge in [-0.15, -0.1) is 0 Å². The molecule has 0 spiro atoms. The molecule has 1 rings (SSSR count). The zero-order valence-corrected chi connectivity index (χ0v) is 30.0. The van der Waals surface area contributed by atoms with Crippen molar-refractivity contribution in [2.45, 2.75) is 198 Å². The molecule has 47 heavy (non-hydrogen) atoms. The number of hydrogen-bond donors (Lipinski definition) is 6. The van der Waals surface area contributed by atoms with E-state index in [1.165, 1.54) is 70.6 Å². The monoisotopic (exact) mass is 695 g/mol. The normalized spacial score (nSPS) is 22.2. The van der Waals surface area contributed by atoms with Crippen LogP contribution >= 0.6 is 7.82 Å². The van der Waals surface area contributed by atoms with Crippen LogP contribution in [0.15, 0.2) is 0 Å². The molecule has 12 nitrogen and oxygen atoms in total. The zero-order chi connectivity index (χ0) is 34.9.